The fraction of sp³-hybridized carbons (Fsp3) is 0.625. The van der Waals surface area contributed by atoms with E-state index >= 15 is 0 Å². The van der Waals surface area contributed by atoms with E-state index < -0.39 is 0 Å². The molecule has 1 saturated carbocycles. The molecule has 2 rings (SSSR count). The lowest BCUT2D eigenvalue weighted by Crippen LogP contribution is -2.43. The molecule has 21 heavy (non-hydrogen) atoms. The van der Waals surface area contributed by atoms with Crippen LogP contribution in [0.3, 0.4) is 0 Å². The lowest BCUT2D eigenvalue weighted by molar-refractivity contribution is 0.0929. The monoisotopic (exact) mass is 307 g/mol. The van der Waals surface area contributed by atoms with Gasteiger partial charge in [0.2, 0.25) is 0 Å². The summed E-state index contributed by atoms with van der Waals surface area (Å²) >= 11 is 1.87. The lowest BCUT2D eigenvalue weighted by atomic mass is 9.94. The topological polar surface area (TPSA) is 54.0 Å². The second-order valence-electron chi connectivity index (χ2n) is 5.47. The highest BCUT2D eigenvalue weighted by molar-refractivity contribution is 7.99. The number of carbonyl (C=O) groups excluding carboxylic acids is 1. The third-order valence-electron chi connectivity index (χ3n) is 4.08. The lowest BCUT2D eigenvalue weighted by Gasteiger charge is -2.31. The molecule has 0 saturated heterocycles. The number of aromatic nitrogens is 1. The molecule has 1 aromatic rings. The van der Waals surface area contributed by atoms with E-state index in [-0.39, 0.29) is 11.9 Å². The van der Waals surface area contributed by atoms with E-state index in [1.54, 1.807) is 0 Å². The summed E-state index contributed by atoms with van der Waals surface area (Å²) in [5.74, 6) is 0.777. The molecule has 0 radical (unpaired) electrons. The molecule has 1 amide bonds. The maximum absolute atomic E-state index is 12.5. The normalized spacial score (nSPS) is 21.9. The van der Waals surface area contributed by atoms with Crippen LogP contribution < -0.4 is 10.6 Å². The van der Waals surface area contributed by atoms with Crippen LogP contribution in [0.4, 0.5) is 5.82 Å². The Morgan fingerprint density at radius 1 is 1.38 bits per heavy atom. The van der Waals surface area contributed by atoms with Crippen molar-refractivity contribution < 1.29 is 4.79 Å². The fourth-order valence-corrected chi connectivity index (χ4v) is 3.76. The number of nitrogens with one attached hydrogen (secondary N) is 2. The molecule has 2 unspecified atom stereocenters. The van der Waals surface area contributed by atoms with Gasteiger partial charge in [-0.05, 0) is 37.7 Å². The zero-order valence-electron chi connectivity index (χ0n) is 13.1. The molecule has 4 nitrogen and oxygen atoms in total. The molecule has 1 aromatic heterocycles. The molecule has 1 aliphatic carbocycles. The van der Waals surface area contributed by atoms with Gasteiger partial charge in [-0.1, -0.05) is 19.8 Å². The van der Waals surface area contributed by atoms with E-state index in [4.69, 9.17) is 0 Å². The number of pyridine rings is 1. The first-order valence-electron chi connectivity index (χ1n) is 7.70. The summed E-state index contributed by atoms with van der Waals surface area (Å²) in [6.07, 6.45) is 7.73. The van der Waals surface area contributed by atoms with Crippen molar-refractivity contribution in [1.29, 1.82) is 0 Å². The molecule has 0 aliphatic heterocycles. The second-order valence-corrected chi connectivity index (χ2v) is 6.55. The number of carbonyl (C=O) groups is 1. The van der Waals surface area contributed by atoms with E-state index in [9.17, 15) is 4.79 Å². The first-order valence-corrected chi connectivity index (χ1v) is 8.99. The van der Waals surface area contributed by atoms with Crippen LogP contribution >= 0.6 is 11.8 Å². The standard InChI is InChI=1S/C16H25N3OS/c1-4-12-9-11(10-15(17-2)18-12)16(20)19-13-7-5-6-8-14(13)21-3/h9-10,13-14H,4-8H2,1-3H3,(H,17,18)(H,19,20). The minimum absolute atomic E-state index is 0.0227. The molecule has 2 N–H and O–H groups in total. The van der Waals surface area contributed by atoms with Crippen LogP contribution in [0.2, 0.25) is 0 Å². The number of hydrogen-bond acceptors (Lipinski definition) is 4. The largest absolute Gasteiger partial charge is 0.373 e. The molecule has 5 heteroatoms. The number of aryl methyl sites for hydroxylation is 1. The number of hydrogen-bond donors (Lipinski definition) is 2. The van der Waals surface area contributed by atoms with Gasteiger partial charge < -0.3 is 10.6 Å². The fourth-order valence-electron chi connectivity index (χ4n) is 2.82. The maximum Gasteiger partial charge on any atom is 0.251 e. The number of amides is 1. The molecule has 0 spiro atoms. The van der Waals surface area contributed by atoms with Gasteiger partial charge in [0, 0.05) is 29.6 Å². The van der Waals surface area contributed by atoms with Gasteiger partial charge in [-0.15, -0.1) is 0 Å². The molecule has 1 heterocycles. The Labute approximate surface area is 131 Å². The van der Waals surface area contributed by atoms with Crippen molar-refractivity contribution in [1.82, 2.24) is 10.3 Å². The first kappa shape index (κ1) is 16.1. The summed E-state index contributed by atoms with van der Waals surface area (Å²) in [6, 6.07) is 4.01. The average Bonchev–Trinajstić information content (AvgIpc) is 2.54. The van der Waals surface area contributed by atoms with Gasteiger partial charge in [0.05, 0.1) is 0 Å². The second kappa shape index (κ2) is 7.69. The molecule has 0 aromatic carbocycles. The van der Waals surface area contributed by atoms with Gasteiger partial charge >= 0.3 is 0 Å². The maximum atomic E-state index is 12.5. The van der Waals surface area contributed by atoms with Crippen molar-refractivity contribution in [2.24, 2.45) is 0 Å². The van der Waals surface area contributed by atoms with Crippen LogP contribution in [0.15, 0.2) is 12.1 Å². The Balaban J connectivity index is 2.12. The average molecular weight is 307 g/mol. The zero-order chi connectivity index (χ0) is 15.2. The highest BCUT2D eigenvalue weighted by atomic mass is 32.2. The number of anilines is 1. The summed E-state index contributed by atoms with van der Waals surface area (Å²) in [4.78, 5) is 17.0. The van der Waals surface area contributed by atoms with Crippen LogP contribution in [0.5, 0.6) is 0 Å². The summed E-state index contributed by atoms with van der Waals surface area (Å²) in [5, 5.41) is 6.79. The Bertz CT molecular complexity index is 470. The Morgan fingerprint density at radius 2 is 2.14 bits per heavy atom. The van der Waals surface area contributed by atoms with Crippen molar-refractivity contribution in [2.75, 3.05) is 18.6 Å². The van der Waals surface area contributed by atoms with Crippen molar-refractivity contribution in [3.63, 3.8) is 0 Å². The predicted octanol–water partition coefficient (Wildman–Crippen LogP) is 3.09. The van der Waals surface area contributed by atoms with E-state index in [1.165, 1.54) is 19.3 Å². The van der Waals surface area contributed by atoms with Gasteiger partial charge in [-0.2, -0.15) is 11.8 Å². The Morgan fingerprint density at radius 3 is 2.81 bits per heavy atom. The van der Waals surface area contributed by atoms with Crippen molar-refractivity contribution in [3.8, 4) is 0 Å². The Hall–Kier alpha value is -1.23. The van der Waals surface area contributed by atoms with Crippen LogP contribution in [0, 0.1) is 0 Å². The van der Waals surface area contributed by atoms with Gasteiger partial charge in [0.1, 0.15) is 5.82 Å². The minimum atomic E-state index is 0.0227. The molecule has 0 bridgehead atoms. The van der Waals surface area contributed by atoms with Gasteiger partial charge in [0.25, 0.3) is 5.91 Å². The third-order valence-corrected chi connectivity index (χ3v) is 5.25. The number of rotatable bonds is 5. The smallest absolute Gasteiger partial charge is 0.251 e. The molecule has 116 valence electrons. The SMILES string of the molecule is CCc1cc(C(=O)NC2CCCCC2SC)cc(NC)n1. The first-order chi connectivity index (χ1) is 10.2. The van der Waals surface area contributed by atoms with Crippen LogP contribution in [0.1, 0.15) is 48.7 Å². The molecular weight excluding hydrogens is 282 g/mol. The summed E-state index contributed by atoms with van der Waals surface area (Å²) < 4.78 is 0. The highest BCUT2D eigenvalue weighted by Crippen LogP contribution is 2.27. The number of thioether (sulfide) groups is 1. The summed E-state index contributed by atoms with van der Waals surface area (Å²) in [6.45, 7) is 2.05. The van der Waals surface area contributed by atoms with Crippen LogP contribution in [-0.4, -0.2) is 35.5 Å². The van der Waals surface area contributed by atoms with Crippen molar-refractivity contribution in [2.45, 2.75) is 50.3 Å². The summed E-state index contributed by atoms with van der Waals surface area (Å²) in [5.41, 5.74) is 1.65. The van der Waals surface area contributed by atoms with E-state index in [2.05, 4.69) is 21.9 Å². The van der Waals surface area contributed by atoms with Gasteiger partial charge in [-0.3, -0.25) is 4.79 Å². The van der Waals surface area contributed by atoms with Crippen molar-refractivity contribution >= 4 is 23.5 Å². The zero-order valence-corrected chi connectivity index (χ0v) is 13.9. The minimum Gasteiger partial charge on any atom is -0.373 e. The van der Waals surface area contributed by atoms with Gasteiger partial charge in [0.15, 0.2) is 0 Å². The van der Waals surface area contributed by atoms with E-state index in [0.717, 1.165) is 24.4 Å². The predicted molar refractivity (Wildman–Crippen MR) is 90.2 cm³/mol. The Kier molecular flexibility index (Phi) is 5.91. The quantitative estimate of drug-likeness (QED) is 0.878. The third kappa shape index (κ3) is 4.13. The van der Waals surface area contributed by atoms with Crippen LogP contribution in [0.25, 0.3) is 0 Å². The van der Waals surface area contributed by atoms with Crippen LogP contribution in [-0.2, 0) is 6.42 Å². The van der Waals surface area contributed by atoms with Crippen molar-refractivity contribution in [3.05, 3.63) is 23.4 Å². The molecule has 1 aliphatic rings. The molecule has 1 fully saturated rings. The molecular formula is C16H25N3OS. The molecule has 2 atom stereocenters. The van der Waals surface area contributed by atoms with E-state index in [0.29, 0.717) is 10.8 Å². The highest BCUT2D eigenvalue weighted by Gasteiger charge is 2.26. The number of nitrogens with zero attached hydrogens (tertiary/aromatic N) is 1. The van der Waals surface area contributed by atoms with E-state index in [1.807, 2.05) is 37.9 Å². The van der Waals surface area contributed by atoms with Gasteiger partial charge in [-0.25, -0.2) is 4.98 Å². The summed E-state index contributed by atoms with van der Waals surface area (Å²) in [7, 11) is 1.83.